The molecule has 1 aromatic heterocycles. The maximum absolute atomic E-state index is 12.4. The van der Waals surface area contributed by atoms with Gasteiger partial charge < -0.3 is 19.9 Å². The number of carbonyl (C=O) groups excluding carboxylic acids is 1. The molecule has 0 spiro atoms. The van der Waals surface area contributed by atoms with Crippen LogP contribution < -0.4 is 15.8 Å². The van der Waals surface area contributed by atoms with Gasteiger partial charge in [-0.1, -0.05) is 30.3 Å². The highest BCUT2D eigenvalue weighted by atomic mass is 16.5. The molecule has 0 saturated heterocycles. The molecule has 3 rings (SSSR count). The van der Waals surface area contributed by atoms with Gasteiger partial charge in [-0.05, 0) is 24.3 Å². The van der Waals surface area contributed by atoms with Gasteiger partial charge in [-0.15, -0.1) is 0 Å². The van der Waals surface area contributed by atoms with Crippen LogP contribution in [-0.4, -0.2) is 42.7 Å². The molecule has 0 saturated carbocycles. The van der Waals surface area contributed by atoms with Crippen LogP contribution >= 0.6 is 0 Å². The molecular formula is C20H23N4O3+. The summed E-state index contributed by atoms with van der Waals surface area (Å²) in [5.74, 6) is 0.452. The van der Waals surface area contributed by atoms with Crippen molar-refractivity contribution in [3.05, 3.63) is 70.8 Å². The Morgan fingerprint density at radius 2 is 1.89 bits per heavy atom. The number of rotatable bonds is 8. The Morgan fingerprint density at radius 3 is 2.67 bits per heavy atom. The number of nitrogens with one attached hydrogen (secondary N) is 3. The zero-order valence-corrected chi connectivity index (χ0v) is 15.2. The predicted molar refractivity (Wildman–Crippen MR) is 104 cm³/mol. The molecule has 1 atom stereocenters. The van der Waals surface area contributed by atoms with Crippen LogP contribution in [0.3, 0.4) is 0 Å². The van der Waals surface area contributed by atoms with E-state index in [1.807, 2.05) is 48.5 Å². The van der Waals surface area contributed by atoms with Gasteiger partial charge in [0.15, 0.2) is 12.4 Å². The normalized spacial score (nSPS) is 12.0. The zero-order chi connectivity index (χ0) is 19.1. The molecule has 0 aliphatic heterocycles. The van der Waals surface area contributed by atoms with Crippen molar-refractivity contribution in [1.82, 2.24) is 9.97 Å². The number of quaternary nitrogens is 1. The minimum Gasteiger partial charge on any atom is -0.379 e. The summed E-state index contributed by atoms with van der Waals surface area (Å²) in [4.78, 5) is 32.9. The van der Waals surface area contributed by atoms with E-state index in [0.717, 1.165) is 10.6 Å². The summed E-state index contributed by atoms with van der Waals surface area (Å²) in [5.41, 5.74) is 1.23. The lowest BCUT2D eigenvalue weighted by Crippen LogP contribution is -3.12. The summed E-state index contributed by atoms with van der Waals surface area (Å²) in [5, 5.41) is 3.44. The molecule has 1 heterocycles. The first-order chi connectivity index (χ1) is 13.2. The molecule has 0 aliphatic rings. The molecule has 7 nitrogen and oxygen atoms in total. The third-order valence-corrected chi connectivity index (χ3v) is 4.21. The second-order valence-electron chi connectivity index (χ2n) is 6.29. The molecule has 0 fully saturated rings. The summed E-state index contributed by atoms with van der Waals surface area (Å²) in [6.07, 6.45) is 0. The molecule has 1 amide bonds. The number of ether oxygens (including phenoxy) is 1. The first-order valence-electron chi connectivity index (χ1n) is 8.81. The zero-order valence-electron chi connectivity index (χ0n) is 15.2. The summed E-state index contributed by atoms with van der Waals surface area (Å²) in [7, 11) is 1.62. The molecule has 0 aliphatic carbocycles. The van der Waals surface area contributed by atoms with Gasteiger partial charge in [0.05, 0.1) is 17.5 Å². The number of fused-ring (bicyclic) bond motifs is 1. The van der Waals surface area contributed by atoms with Gasteiger partial charge in [0.25, 0.3) is 11.5 Å². The van der Waals surface area contributed by atoms with Crippen molar-refractivity contribution >= 4 is 22.5 Å². The molecule has 3 N–H and O–H groups in total. The van der Waals surface area contributed by atoms with Crippen LogP contribution in [0.5, 0.6) is 0 Å². The van der Waals surface area contributed by atoms with Gasteiger partial charge in [0, 0.05) is 12.8 Å². The van der Waals surface area contributed by atoms with E-state index in [9.17, 15) is 9.59 Å². The number of anilines is 1. The second kappa shape index (κ2) is 9.07. The van der Waals surface area contributed by atoms with Gasteiger partial charge in [-0.2, -0.15) is 0 Å². The Labute approximate surface area is 157 Å². The molecule has 7 heteroatoms. The highest BCUT2D eigenvalue weighted by molar-refractivity contribution is 5.91. The van der Waals surface area contributed by atoms with E-state index in [-0.39, 0.29) is 18.0 Å². The van der Waals surface area contributed by atoms with Crippen molar-refractivity contribution in [2.24, 2.45) is 0 Å². The minimum atomic E-state index is -0.171. The van der Waals surface area contributed by atoms with Crippen molar-refractivity contribution in [2.45, 2.75) is 6.54 Å². The Morgan fingerprint density at radius 1 is 1.15 bits per heavy atom. The number of H-pyrrole nitrogens is 1. The fraction of sp³-hybridized carbons (Fsp3) is 0.250. The summed E-state index contributed by atoms with van der Waals surface area (Å²) >= 11 is 0. The number of aromatic amines is 1. The second-order valence-corrected chi connectivity index (χ2v) is 6.29. The van der Waals surface area contributed by atoms with Crippen molar-refractivity contribution in [1.29, 1.82) is 0 Å². The van der Waals surface area contributed by atoms with Gasteiger partial charge in [-0.3, -0.25) is 9.59 Å². The number of carbonyl (C=O) groups is 1. The maximum atomic E-state index is 12.4. The van der Waals surface area contributed by atoms with Gasteiger partial charge >= 0.3 is 0 Å². The van der Waals surface area contributed by atoms with Gasteiger partial charge in [-0.25, -0.2) is 4.98 Å². The number of methoxy groups -OCH3 is 1. The third kappa shape index (κ3) is 5.22. The molecule has 3 aromatic rings. The lowest BCUT2D eigenvalue weighted by molar-refractivity contribution is -0.906. The van der Waals surface area contributed by atoms with E-state index in [0.29, 0.717) is 36.4 Å². The Kier molecular flexibility index (Phi) is 6.30. The number of benzene rings is 2. The first kappa shape index (κ1) is 18.8. The van der Waals surface area contributed by atoms with Crippen molar-refractivity contribution in [3.8, 4) is 0 Å². The molecular weight excluding hydrogens is 344 g/mol. The topological polar surface area (TPSA) is 88.5 Å². The van der Waals surface area contributed by atoms with Crippen LogP contribution in [0.1, 0.15) is 5.82 Å². The van der Waals surface area contributed by atoms with Crippen molar-refractivity contribution < 1.29 is 14.4 Å². The van der Waals surface area contributed by atoms with E-state index in [2.05, 4.69) is 15.3 Å². The van der Waals surface area contributed by atoms with Crippen LogP contribution in [-0.2, 0) is 16.1 Å². The Bertz CT molecular complexity index is 956. The Balaban J connectivity index is 1.72. The summed E-state index contributed by atoms with van der Waals surface area (Å²) in [6, 6.07) is 16.5. The largest absolute Gasteiger partial charge is 0.379 e. The molecule has 140 valence electrons. The van der Waals surface area contributed by atoms with Gasteiger partial charge in [0.1, 0.15) is 13.1 Å². The minimum absolute atomic E-state index is 0.101. The van der Waals surface area contributed by atoms with E-state index in [4.69, 9.17) is 4.74 Å². The van der Waals surface area contributed by atoms with Crippen LogP contribution in [0, 0.1) is 0 Å². The molecule has 2 aromatic carbocycles. The first-order valence-corrected chi connectivity index (χ1v) is 8.81. The van der Waals surface area contributed by atoms with Crippen LogP contribution in [0.4, 0.5) is 5.69 Å². The fourth-order valence-electron chi connectivity index (χ4n) is 2.89. The van der Waals surface area contributed by atoms with Crippen LogP contribution in [0.15, 0.2) is 59.4 Å². The van der Waals surface area contributed by atoms with Crippen LogP contribution in [0.2, 0.25) is 0 Å². The lowest BCUT2D eigenvalue weighted by Gasteiger charge is -2.18. The lowest BCUT2D eigenvalue weighted by atomic mass is 10.2. The quantitative estimate of drug-likeness (QED) is 0.544. The van der Waals surface area contributed by atoms with E-state index in [1.54, 1.807) is 13.2 Å². The average molecular weight is 367 g/mol. The summed E-state index contributed by atoms with van der Waals surface area (Å²) < 4.78 is 5.16. The smallest absolute Gasteiger partial charge is 0.279 e. The number of amides is 1. The average Bonchev–Trinajstić information content (AvgIpc) is 2.67. The SMILES string of the molecule is COCC[NH+](CC(=O)Nc1ccccc1)Cc1nc2ccccc2c(=O)[nH]1. The number of hydrogen-bond donors (Lipinski definition) is 3. The number of hydrogen-bond acceptors (Lipinski definition) is 4. The van der Waals surface area contributed by atoms with E-state index in [1.165, 1.54) is 0 Å². The van der Waals surface area contributed by atoms with Gasteiger partial charge in [0.2, 0.25) is 0 Å². The van der Waals surface area contributed by atoms with Crippen molar-refractivity contribution in [2.75, 3.05) is 32.1 Å². The fourth-order valence-corrected chi connectivity index (χ4v) is 2.89. The molecule has 1 unspecified atom stereocenters. The summed E-state index contributed by atoms with van der Waals surface area (Å²) in [6.45, 7) is 1.79. The van der Waals surface area contributed by atoms with Crippen LogP contribution in [0.25, 0.3) is 10.9 Å². The Hall–Kier alpha value is -3.03. The predicted octanol–water partition coefficient (Wildman–Crippen LogP) is 0.593. The monoisotopic (exact) mass is 367 g/mol. The van der Waals surface area contributed by atoms with Crippen molar-refractivity contribution in [3.63, 3.8) is 0 Å². The standard InChI is InChI=1S/C20H22N4O3/c1-27-12-11-24(14-19(25)21-15-7-3-2-4-8-15)13-18-22-17-10-6-5-9-16(17)20(26)23-18/h2-10H,11-14H2,1H3,(H,21,25)(H,22,23,26)/p+1. The third-order valence-electron chi connectivity index (χ3n) is 4.21. The number of para-hydroxylation sites is 2. The number of aromatic nitrogens is 2. The number of nitrogens with zero attached hydrogens (tertiary/aromatic N) is 1. The maximum Gasteiger partial charge on any atom is 0.279 e. The highest BCUT2D eigenvalue weighted by Gasteiger charge is 2.17. The van der Waals surface area contributed by atoms with E-state index >= 15 is 0 Å². The molecule has 0 bridgehead atoms. The van der Waals surface area contributed by atoms with E-state index < -0.39 is 0 Å². The molecule has 0 radical (unpaired) electrons. The highest BCUT2D eigenvalue weighted by Crippen LogP contribution is 2.05. The molecule has 27 heavy (non-hydrogen) atoms.